The van der Waals surface area contributed by atoms with E-state index in [1.54, 1.807) is 6.07 Å². The van der Waals surface area contributed by atoms with Gasteiger partial charge >= 0.3 is 5.97 Å². The molecule has 0 heterocycles. The van der Waals surface area contributed by atoms with Crippen molar-refractivity contribution in [1.29, 1.82) is 0 Å². The third kappa shape index (κ3) is 4.04. The summed E-state index contributed by atoms with van der Waals surface area (Å²) in [4.78, 5) is 20.9. The number of benzene rings is 2. The van der Waals surface area contributed by atoms with Gasteiger partial charge in [0.05, 0.1) is 22.6 Å². The number of nitro benzene ring substituents is 1. The number of carboxylic acids is 1. The monoisotopic (exact) mass is 366 g/mol. The Morgan fingerprint density at radius 3 is 2.52 bits per heavy atom. The number of hydrogen-bond donors (Lipinski definition) is 1. The van der Waals surface area contributed by atoms with Crippen molar-refractivity contribution < 1.29 is 28.0 Å². The number of ether oxygens (including phenoxy) is 1. The average molecular weight is 366 g/mol. The van der Waals surface area contributed by atoms with E-state index >= 15 is 0 Å². The zero-order chi connectivity index (χ0) is 18.6. The molecule has 2 aromatic rings. The highest BCUT2D eigenvalue weighted by atomic mass is 32.2. The van der Waals surface area contributed by atoms with Crippen LogP contribution in [-0.2, 0) is 14.8 Å². The lowest BCUT2D eigenvalue weighted by atomic mass is 10.3. The number of nitrogens with zero attached hydrogens (tertiary/aromatic N) is 2. The summed E-state index contributed by atoms with van der Waals surface area (Å²) in [5.74, 6) is -1.04. The first-order valence-electron chi connectivity index (χ1n) is 6.89. The summed E-state index contributed by atoms with van der Waals surface area (Å²) in [6, 6.07) is 10.2. The van der Waals surface area contributed by atoms with Crippen LogP contribution in [0.4, 0.5) is 11.4 Å². The minimum absolute atomic E-state index is 0.0632. The molecule has 0 aliphatic rings. The van der Waals surface area contributed by atoms with Gasteiger partial charge in [-0.3, -0.25) is 19.2 Å². The van der Waals surface area contributed by atoms with Crippen LogP contribution in [-0.4, -0.2) is 38.1 Å². The van der Waals surface area contributed by atoms with Crippen LogP contribution in [0.2, 0.25) is 0 Å². The second-order valence-electron chi connectivity index (χ2n) is 4.86. The highest BCUT2D eigenvalue weighted by Crippen LogP contribution is 2.28. The molecule has 0 aliphatic heterocycles. The summed E-state index contributed by atoms with van der Waals surface area (Å²) in [7, 11) is -2.95. The van der Waals surface area contributed by atoms with Gasteiger partial charge in [-0.1, -0.05) is 12.1 Å². The maximum absolute atomic E-state index is 12.8. The Hall–Kier alpha value is -3.14. The summed E-state index contributed by atoms with van der Waals surface area (Å²) in [5, 5.41) is 19.9. The van der Waals surface area contributed by atoms with Crippen LogP contribution >= 0.6 is 0 Å². The minimum atomic E-state index is -4.34. The van der Waals surface area contributed by atoms with Crippen LogP contribution in [0, 0.1) is 10.1 Å². The van der Waals surface area contributed by atoms with Gasteiger partial charge in [0.25, 0.3) is 15.7 Å². The molecule has 0 saturated heterocycles. The Kier molecular flexibility index (Phi) is 5.22. The fourth-order valence-corrected chi connectivity index (χ4v) is 3.53. The number of anilines is 1. The van der Waals surface area contributed by atoms with E-state index in [-0.39, 0.29) is 10.6 Å². The van der Waals surface area contributed by atoms with Gasteiger partial charge < -0.3 is 9.84 Å². The molecule has 0 aromatic heterocycles. The van der Waals surface area contributed by atoms with E-state index in [1.165, 1.54) is 31.4 Å². The van der Waals surface area contributed by atoms with Crippen molar-refractivity contribution in [3.8, 4) is 5.75 Å². The number of nitro groups is 1. The summed E-state index contributed by atoms with van der Waals surface area (Å²) in [6.07, 6.45) is 0. The maximum atomic E-state index is 12.8. The highest BCUT2D eigenvalue weighted by Gasteiger charge is 2.28. The van der Waals surface area contributed by atoms with Crippen molar-refractivity contribution >= 4 is 27.4 Å². The Bertz CT molecular complexity index is 912. The van der Waals surface area contributed by atoms with E-state index in [4.69, 9.17) is 9.84 Å². The lowest BCUT2D eigenvalue weighted by molar-refractivity contribution is -0.385. The molecule has 0 fully saturated rings. The van der Waals surface area contributed by atoms with Crippen LogP contribution < -0.4 is 9.04 Å². The maximum Gasteiger partial charge on any atom is 0.324 e. The molecule has 10 heteroatoms. The van der Waals surface area contributed by atoms with E-state index in [1.807, 2.05) is 0 Å². The summed E-state index contributed by atoms with van der Waals surface area (Å²) in [6.45, 7) is -0.849. The van der Waals surface area contributed by atoms with Crippen LogP contribution in [0.3, 0.4) is 0 Å². The first-order valence-corrected chi connectivity index (χ1v) is 8.33. The van der Waals surface area contributed by atoms with E-state index in [0.29, 0.717) is 10.1 Å². The molecule has 0 bridgehead atoms. The largest absolute Gasteiger partial charge is 0.497 e. The molecule has 0 saturated carbocycles. The lowest BCUT2D eigenvalue weighted by Crippen LogP contribution is -2.35. The Morgan fingerprint density at radius 1 is 1.24 bits per heavy atom. The molecule has 132 valence electrons. The van der Waals surface area contributed by atoms with Crippen molar-refractivity contribution in [3.63, 3.8) is 0 Å². The SMILES string of the molecule is COc1cccc(N(CC(=O)O)S(=O)(=O)c2cccc([N+](=O)[O-])c2)c1. The number of sulfonamides is 1. The number of carbonyl (C=O) groups is 1. The third-order valence-electron chi connectivity index (χ3n) is 3.24. The van der Waals surface area contributed by atoms with Crippen molar-refractivity contribution in [2.45, 2.75) is 4.90 Å². The molecule has 2 aromatic carbocycles. The van der Waals surface area contributed by atoms with Gasteiger partial charge in [0.1, 0.15) is 12.3 Å². The van der Waals surface area contributed by atoms with Gasteiger partial charge in [0.2, 0.25) is 0 Å². The molecule has 0 aliphatic carbocycles. The van der Waals surface area contributed by atoms with Crippen LogP contribution in [0.5, 0.6) is 5.75 Å². The van der Waals surface area contributed by atoms with E-state index in [9.17, 15) is 23.3 Å². The summed E-state index contributed by atoms with van der Waals surface area (Å²) >= 11 is 0. The van der Waals surface area contributed by atoms with Gasteiger partial charge in [-0.15, -0.1) is 0 Å². The molecule has 2 rings (SSSR count). The van der Waals surface area contributed by atoms with Gasteiger partial charge in [0.15, 0.2) is 0 Å². The molecule has 25 heavy (non-hydrogen) atoms. The van der Waals surface area contributed by atoms with Crippen molar-refractivity contribution in [1.82, 2.24) is 0 Å². The van der Waals surface area contributed by atoms with Crippen LogP contribution in [0.25, 0.3) is 0 Å². The molecule has 0 atom stereocenters. The zero-order valence-electron chi connectivity index (χ0n) is 13.0. The van der Waals surface area contributed by atoms with E-state index < -0.39 is 33.1 Å². The van der Waals surface area contributed by atoms with E-state index in [0.717, 1.165) is 18.2 Å². The second-order valence-corrected chi connectivity index (χ2v) is 6.72. The molecule has 0 radical (unpaired) electrons. The van der Waals surface area contributed by atoms with Crippen molar-refractivity contribution in [3.05, 3.63) is 58.6 Å². The van der Waals surface area contributed by atoms with Crippen LogP contribution in [0.1, 0.15) is 0 Å². The number of non-ortho nitro benzene ring substituents is 1. The zero-order valence-corrected chi connectivity index (χ0v) is 13.8. The molecule has 0 amide bonds. The number of aliphatic carboxylic acids is 1. The van der Waals surface area contributed by atoms with Crippen molar-refractivity contribution in [2.24, 2.45) is 0 Å². The Balaban J connectivity index is 2.57. The predicted molar refractivity (Wildman–Crippen MR) is 88.3 cm³/mol. The summed E-state index contributed by atoms with van der Waals surface area (Å²) < 4.78 is 31.4. The second kappa shape index (κ2) is 7.18. The van der Waals surface area contributed by atoms with Gasteiger partial charge in [-0.25, -0.2) is 8.42 Å². The quantitative estimate of drug-likeness (QED) is 0.585. The Morgan fingerprint density at radius 2 is 1.92 bits per heavy atom. The Labute approximate surface area is 143 Å². The fourth-order valence-electron chi connectivity index (χ4n) is 2.09. The van der Waals surface area contributed by atoms with E-state index in [2.05, 4.69) is 0 Å². The van der Waals surface area contributed by atoms with Gasteiger partial charge in [-0.2, -0.15) is 0 Å². The molecule has 0 spiro atoms. The number of carboxylic acid groups (broad SMARTS) is 1. The molecular formula is C15H14N2O7S. The average Bonchev–Trinajstić information content (AvgIpc) is 2.59. The minimum Gasteiger partial charge on any atom is -0.497 e. The molecular weight excluding hydrogens is 352 g/mol. The number of rotatable bonds is 7. The predicted octanol–water partition coefficient (Wildman–Crippen LogP) is 1.88. The fraction of sp³-hybridized carbons (Fsp3) is 0.133. The highest BCUT2D eigenvalue weighted by molar-refractivity contribution is 7.92. The third-order valence-corrected chi connectivity index (χ3v) is 5.01. The van der Waals surface area contributed by atoms with Crippen LogP contribution in [0.15, 0.2) is 53.4 Å². The molecule has 9 nitrogen and oxygen atoms in total. The molecule has 0 unspecified atom stereocenters. The summed E-state index contributed by atoms with van der Waals surface area (Å²) in [5.41, 5.74) is -0.352. The lowest BCUT2D eigenvalue weighted by Gasteiger charge is -2.23. The smallest absolute Gasteiger partial charge is 0.324 e. The first kappa shape index (κ1) is 18.2. The normalized spacial score (nSPS) is 10.9. The topological polar surface area (TPSA) is 127 Å². The number of hydrogen-bond acceptors (Lipinski definition) is 6. The van der Waals surface area contributed by atoms with Crippen molar-refractivity contribution in [2.75, 3.05) is 18.0 Å². The van der Waals surface area contributed by atoms with Gasteiger partial charge in [0, 0.05) is 18.2 Å². The standard InChI is InChI=1S/C15H14N2O7S/c1-24-13-6-2-4-11(8-13)16(10-15(18)19)25(22,23)14-7-3-5-12(9-14)17(20)21/h2-9H,10H2,1H3,(H,18,19). The number of methoxy groups -OCH3 is 1. The van der Waals surface area contributed by atoms with Gasteiger partial charge in [-0.05, 0) is 18.2 Å². The molecule has 1 N–H and O–H groups in total. The first-order chi connectivity index (χ1) is 11.8.